The smallest absolute Gasteiger partial charge is 0.221 e. The van der Waals surface area contributed by atoms with Crippen molar-refractivity contribution in [2.24, 2.45) is 5.92 Å². The second-order valence-corrected chi connectivity index (χ2v) is 3.59. The number of nitrogen functional groups attached to an aromatic ring is 1. The van der Waals surface area contributed by atoms with Gasteiger partial charge in [0.15, 0.2) is 0 Å². The quantitative estimate of drug-likeness (QED) is 0.639. The highest BCUT2D eigenvalue weighted by Crippen LogP contribution is 2.32. The van der Waals surface area contributed by atoms with Crippen LogP contribution in [0.25, 0.3) is 0 Å². The third-order valence-corrected chi connectivity index (χ3v) is 2.33. The molecule has 0 radical (unpaired) electrons. The van der Waals surface area contributed by atoms with Crippen LogP contribution in [0.15, 0.2) is 12.3 Å². The number of aliphatic hydroxyl groups is 1. The summed E-state index contributed by atoms with van der Waals surface area (Å²) in [6, 6.07) is 1.73. The van der Waals surface area contributed by atoms with Crippen LogP contribution < -0.4 is 11.1 Å². The molecule has 1 aromatic rings. The lowest BCUT2D eigenvalue weighted by Crippen LogP contribution is -2.21. The Hall–Kier alpha value is -1.36. The van der Waals surface area contributed by atoms with Crippen LogP contribution >= 0.6 is 0 Å². The van der Waals surface area contributed by atoms with Gasteiger partial charge in [-0.3, -0.25) is 0 Å². The highest BCUT2D eigenvalue weighted by molar-refractivity contribution is 5.37. The standard InChI is InChI=1S/C9H14N4O/c10-9-11-4-3-8(13-9)12-5-7(14)6-1-2-6/h3-4,6-7,14H,1-2,5H2,(H3,10,11,12,13). The topological polar surface area (TPSA) is 84.1 Å². The van der Waals surface area contributed by atoms with E-state index >= 15 is 0 Å². The molecule has 4 N–H and O–H groups in total. The maximum atomic E-state index is 9.58. The van der Waals surface area contributed by atoms with Crippen molar-refractivity contribution in [2.75, 3.05) is 17.6 Å². The molecule has 0 aromatic carbocycles. The zero-order valence-electron chi connectivity index (χ0n) is 7.85. The Morgan fingerprint density at radius 3 is 3.07 bits per heavy atom. The van der Waals surface area contributed by atoms with Gasteiger partial charge in [0.1, 0.15) is 5.82 Å². The van der Waals surface area contributed by atoms with Crippen LogP contribution in [-0.2, 0) is 0 Å². The van der Waals surface area contributed by atoms with Gasteiger partial charge in [-0.2, -0.15) is 4.98 Å². The van der Waals surface area contributed by atoms with Crippen molar-refractivity contribution < 1.29 is 5.11 Å². The molecule has 0 aliphatic heterocycles. The van der Waals surface area contributed by atoms with Gasteiger partial charge in [0.05, 0.1) is 6.10 Å². The lowest BCUT2D eigenvalue weighted by molar-refractivity contribution is 0.164. The molecule has 1 aliphatic rings. The second kappa shape index (κ2) is 3.79. The first-order chi connectivity index (χ1) is 6.75. The van der Waals surface area contributed by atoms with Gasteiger partial charge in [0.2, 0.25) is 5.95 Å². The molecular formula is C9H14N4O. The minimum absolute atomic E-state index is 0.246. The predicted molar refractivity (Wildman–Crippen MR) is 53.7 cm³/mol. The summed E-state index contributed by atoms with van der Waals surface area (Å²) in [6.07, 6.45) is 3.59. The molecule has 0 saturated heterocycles. The first-order valence-electron chi connectivity index (χ1n) is 4.76. The van der Waals surface area contributed by atoms with Crippen LogP contribution in [0.1, 0.15) is 12.8 Å². The predicted octanol–water partition coefficient (Wildman–Crippen LogP) is 0.242. The Morgan fingerprint density at radius 2 is 2.43 bits per heavy atom. The Bertz CT molecular complexity index is 313. The van der Waals surface area contributed by atoms with Crippen molar-refractivity contribution in [2.45, 2.75) is 18.9 Å². The molecule has 1 unspecified atom stereocenters. The monoisotopic (exact) mass is 194 g/mol. The van der Waals surface area contributed by atoms with Crippen LogP contribution in [0.2, 0.25) is 0 Å². The van der Waals surface area contributed by atoms with E-state index in [1.54, 1.807) is 12.3 Å². The molecule has 1 saturated carbocycles. The molecule has 0 spiro atoms. The van der Waals surface area contributed by atoms with Crippen molar-refractivity contribution in [1.29, 1.82) is 0 Å². The van der Waals surface area contributed by atoms with Crippen LogP contribution in [0.3, 0.4) is 0 Å². The molecule has 0 bridgehead atoms. The fourth-order valence-corrected chi connectivity index (χ4v) is 1.33. The SMILES string of the molecule is Nc1nccc(NCC(O)C2CC2)n1. The van der Waals surface area contributed by atoms with Crippen molar-refractivity contribution in [1.82, 2.24) is 9.97 Å². The van der Waals surface area contributed by atoms with E-state index in [4.69, 9.17) is 5.73 Å². The van der Waals surface area contributed by atoms with Crippen LogP contribution in [-0.4, -0.2) is 27.7 Å². The summed E-state index contributed by atoms with van der Waals surface area (Å²) in [5.41, 5.74) is 5.41. The molecule has 1 fully saturated rings. The maximum absolute atomic E-state index is 9.58. The van der Waals surface area contributed by atoms with Crippen LogP contribution in [0, 0.1) is 5.92 Å². The fraction of sp³-hybridized carbons (Fsp3) is 0.556. The summed E-state index contributed by atoms with van der Waals surface area (Å²) in [4.78, 5) is 7.75. The molecule has 1 aliphatic carbocycles. The summed E-state index contributed by atoms with van der Waals surface area (Å²) in [5.74, 6) is 1.38. The molecule has 1 atom stereocenters. The molecule has 0 amide bonds. The first-order valence-corrected chi connectivity index (χ1v) is 4.76. The Balaban J connectivity index is 1.84. The average Bonchev–Trinajstić information content (AvgIpc) is 2.97. The van der Waals surface area contributed by atoms with Gasteiger partial charge in [-0.25, -0.2) is 4.98 Å². The lowest BCUT2D eigenvalue weighted by Gasteiger charge is -2.10. The summed E-state index contributed by atoms with van der Waals surface area (Å²) < 4.78 is 0. The number of rotatable bonds is 4. The Kier molecular flexibility index (Phi) is 2.49. The van der Waals surface area contributed by atoms with Crippen molar-refractivity contribution in [3.63, 3.8) is 0 Å². The number of nitrogens with zero attached hydrogens (tertiary/aromatic N) is 2. The lowest BCUT2D eigenvalue weighted by atomic mass is 10.2. The molecule has 2 rings (SSSR count). The second-order valence-electron chi connectivity index (χ2n) is 3.59. The average molecular weight is 194 g/mol. The normalized spacial score (nSPS) is 17.8. The van der Waals surface area contributed by atoms with E-state index in [9.17, 15) is 5.11 Å². The number of nitrogens with one attached hydrogen (secondary N) is 1. The van der Waals surface area contributed by atoms with E-state index in [-0.39, 0.29) is 12.1 Å². The highest BCUT2D eigenvalue weighted by atomic mass is 16.3. The molecule has 1 heterocycles. The third kappa shape index (κ3) is 2.32. The number of hydrogen-bond acceptors (Lipinski definition) is 5. The zero-order valence-corrected chi connectivity index (χ0v) is 7.85. The van der Waals surface area contributed by atoms with Crippen LogP contribution in [0.5, 0.6) is 0 Å². The van der Waals surface area contributed by atoms with Crippen molar-refractivity contribution >= 4 is 11.8 Å². The maximum Gasteiger partial charge on any atom is 0.221 e. The fourth-order valence-electron chi connectivity index (χ4n) is 1.33. The van der Waals surface area contributed by atoms with E-state index in [1.165, 1.54) is 0 Å². The Labute approximate surface area is 82.4 Å². The number of aliphatic hydroxyl groups excluding tert-OH is 1. The van der Waals surface area contributed by atoms with Gasteiger partial charge < -0.3 is 16.2 Å². The van der Waals surface area contributed by atoms with E-state index in [2.05, 4.69) is 15.3 Å². The largest absolute Gasteiger partial charge is 0.391 e. The number of aromatic nitrogens is 2. The molecule has 14 heavy (non-hydrogen) atoms. The summed E-state index contributed by atoms with van der Waals surface area (Å²) in [7, 11) is 0. The van der Waals surface area contributed by atoms with Gasteiger partial charge >= 0.3 is 0 Å². The zero-order chi connectivity index (χ0) is 9.97. The van der Waals surface area contributed by atoms with E-state index in [0.717, 1.165) is 12.8 Å². The number of anilines is 2. The van der Waals surface area contributed by atoms with Gasteiger partial charge in [0, 0.05) is 12.7 Å². The summed E-state index contributed by atoms with van der Waals surface area (Å²) >= 11 is 0. The first kappa shape index (κ1) is 9.21. The Morgan fingerprint density at radius 1 is 1.64 bits per heavy atom. The van der Waals surface area contributed by atoms with Gasteiger partial charge in [-0.15, -0.1) is 0 Å². The number of nitrogens with two attached hydrogens (primary N) is 1. The minimum atomic E-state index is -0.272. The molecule has 5 nitrogen and oxygen atoms in total. The van der Waals surface area contributed by atoms with Crippen molar-refractivity contribution in [3.05, 3.63) is 12.3 Å². The molecule has 5 heteroatoms. The van der Waals surface area contributed by atoms with E-state index in [1.807, 2.05) is 0 Å². The van der Waals surface area contributed by atoms with E-state index < -0.39 is 0 Å². The van der Waals surface area contributed by atoms with Gasteiger partial charge in [0.25, 0.3) is 0 Å². The summed E-state index contributed by atoms with van der Waals surface area (Å²) in [5, 5.41) is 12.6. The molecular weight excluding hydrogens is 180 g/mol. The van der Waals surface area contributed by atoms with Crippen molar-refractivity contribution in [3.8, 4) is 0 Å². The van der Waals surface area contributed by atoms with E-state index in [0.29, 0.717) is 18.3 Å². The summed E-state index contributed by atoms with van der Waals surface area (Å²) in [6.45, 7) is 0.529. The third-order valence-electron chi connectivity index (χ3n) is 2.33. The number of hydrogen-bond donors (Lipinski definition) is 3. The highest BCUT2D eigenvalue weighted by Gasteiger charge is 2.29. The van der Waals surface area contributed by atoms with Gasteiger partial charge in [-0.1, -0.05) is 0 Å². The van der Waals surface area contributed by atoms with Gasteiger partial charge in [-0.05, 0) is 24.8 Å². The van der Waals surface area contributed by atoms with Crippen LogP contribution in [0.4, 0.5) is 11.8 Å². The molecule has 1 aromatic heterocycles. The minimum Gasteiger partial charge on any atom is -0.391 e. The molecule has 76 valence electrons.